The minimum absolute atomic E-state index is 0.0838. The predicted molar refractivity (Wildman–Crippen MR) is 74.1 cm³/mol. The number of ether oxygens (including phenoxy) is 1. The summed E-state index contributed by atoms with van der Waals surface area (Å²) in [6, 6.07) is 11.7. The summed E-state index contributed by atoms with van der Waals surface area (Å²) in [6.45, 7) is 6.80. The lowest BCUT2D eigenvalue weighted by Gasteiger charge is -2.19. The van der Waals surface area contributed by atoms with Gasteiger partial charge in [-0.1, -0.05) is 32.9 Å². The maximum Gasteiger partial charge on any atom is 0.146 e. The van der Waals surface area contributed by atoms with Crippen LogP contribution in [0.25, 0.3) is 0 Å². The van der Waals surface area contributed by atoms with Gasteiger partial charge in [0.2, 0.25) is 0 Å². The van der Waals surface area contributed by atoms with Gasteiger partial charge in [-0.25, -0.2) is 0 Å². The molecule has 1 heterocycles. The van der Waals surface area contributed by atoms with Gasteiger partial charge >= 0.3 is 0 Å². The van der Waals surface area contributed by atoms with E-state index in [1.54, 1.807) is 6.07 Å². The highest BCUT2D eigenvalue weighted by atomic mass is 16.5. The van der Waals surface area contributed by atoms with Crippen molar-refractivity contribution < 1.29 is 14.3 Å². The van der Waals surface area contributed by atoms with Crippen LogP contribution in [0.2, 0.25) is 0 Å². The molecule has 0 saturated carbocycles. The number of hydrogen-bond donors (Lipinski definition) is 1. The SMILES string of the molecule is CC(C)(C)c1cccc(OCc2ccc(CO)o2)c1. The third kappa shape index (κ3) is 3.61. The highest BCUT2D eigenvalue weighted by Crippen LogP contribution is 2.26. The van der Waals surface area contributed by atoms with Gasteiger partial charge in [0.25, 0.3) is 0 Å². The van der Waals surface area contributed by atoms with E-state index in [1.807, 2.05) is 18.2 Å². The monoisotopic (exact) mass is 260 g/mol. The van der Waals surface area contributed by atoms with Crippen LogP contribution in [0.5, 0.6) is 5.75 Å². The van der Waals surface area contributed by atoms with Crippen LogP contribution in [0, 0.1) is 0 Å². The lowest BCUT2D eigenvalue weighted by Crippen LogP contribution is -2.10. The van der Waals surface area contributed by atoms with Crippen molar-refractivity contribution in [2.24, 2.45) is 0 Å². The fraction of sp³-hybridized carbons (Fsp3) is 0.375. The van der Waals surface area contributed by atoms with E-state index >= 15 is 0 Å². The molecule has 0 bridgehead atoms. The molecule has 0 aliphatic heterocycles. The molecule has 0 atom stereocenters. The minimum atomic E-state index is -0.0838. The van der Waals surface area contributed by atoms with Crippen molar-refractivity contribution in [3.8, 4) is 5.75 Å². The van der Waals surface area contributed by atoms with Crippen LogP contribution in [0.15, 0.2) is 40.8 Å². The number of hydrogen-bond acceptors (Lipinski definition) is 3. The topological polar surface area (TPSA) is 42.6 Å². The normalized spacial score (nSPS) is 11.6. The van der Waals surface area contributed by atoms with E-state index in [9.17, 15) is 0 Å². The summed E-state index contributed by atoms with van der Waals surface area (Å²) in [5, 5.41) is 8.93. The molecule has 1 N–H and O–H groups in total. The van der Waals surface area contributed by atoms with E-state index in [1.165, 1.54) is 5.56 Å². The molecule has 102 valence electrons. The highest BCUT2D eigenvalue weighted by molar-refractivity contribution is 5.32. The Labute approximate surface area is 113 Å². The summed E-state index contributed by atoms with van der Waals surface area (Å²) in [5.41, 5.74) is 1.34. The molecular weight excluding hydrogens is 240 g/mol. The maximum absolute atomic E-state index is 8.93. The van der Waals surface area contributed by atoms with E-state index in [0.717, 1.165) is 5.75 Å². The smallest absolute Gasteiger partial charge is 0.146 e. The molecule has 0 aliphatic carbocycles. The lowest BCUT2D eigenvalue weighted by molar-refractivity contribution is 0.224. The van der Waals surface area contributed by atoms with Gasteiger partial charge in [0.15, 0.2) is 0 Å². The molecule has 0 fully saturated rings. The summed E-state index contributed by atoms with van der Waals surface area (Å²) < 4.78 is 11.1. The van der Waals surface area contributed by atoms with E-state index in [2.05, 4.69) is 32.9 Å². The van der Waals surface area contributed by atoms with E-state index in [4.69, 9.17) is 14.3 Å². The van der Waals surface area contributed by atoms with Crippen molar-refractivity contribution in [2.75, 3.05) is 0 Å². The zero-order chi connectivity index (χ0) is 13.9. The molecule has 19 heavy (non-hydrogen) atoms. The number of rotatable bonds is 4. The Kier molecular flexibility index (Phi) is 3.96. The van der Waals surface area contributed by atoms with Crippen molar-refractivity contribution in [2.45, 2.75) is 39.4 Å². The molecule has 2 aromatic rings. The molecule has 0 saturated heterocycles. The summed E-state index contributed by atoms with van der Waals surface area (Å²) in [7, 11) is 0. The second kappa shape index (κ2) is 5.49. The number of furan rings is 1. The second-order valence-corrected chi connectivity index (χ2v) is 5.59. The summed E-state index contributed by atoms with van der Waals surface area (Å²) in [5.74, 6) is 2.10. The first kappa shape index (κ1) is 13.7. The van der Waals surface area contributed by atoms with Crippen molar-refractivity contribution in [1.29, 1.82) is 0 Å². The Morgan fingerprint density at radius 3 is 2.47 bits per heavy atom. The van der Waals surface area contributed by atoms with Gasteiger partial charge in [0.1, 0.15) is 30.5 Å². The maximum atomic E-state index is 8.93. The van der Waals surface area contributed by atoms with Crippen molar-refractivity contribution in [3.05, 3.63) is 53.5 Å². The van der Waals surface area contributed by atoms with Crippen LogP contribution in [0.1, 0.15) is 37.9 Å². The van der Waals surface area contributed by atoms with E-state index < -0.39 is 0 Å². The van der Waals surface area contributed by atoms with Gasteiger partial charge in [-0.2, -0.15) is 0 Å². The largest absolute Gasteiger partial charge is 0.486 e. The first-order valence-corrected chi connectivity index (χ1v) is 6.41. The molecule has 0 radical (unpaired) electrons. The lowest BCUT2D eigenvalue weighted by atomic mass is 9.87. The minimum Gasteiger partial charge on any atom is -0.486 e. The summed E-state index contributed by atoms with van der Waals surface area (Å²) in [6.07, 6.45) is 0. The molecule has 3 heteroatoms. The Hall–Kier alpha value is -1.74. The third-order valence-electron chi connectivity index (χ3n) is 2.95. The van der Waals surface area contributed by atoms with Gasteiger partial charge in [0, 0.05) is 0 Å². The average Bonchev–Trinajstić information content (AvgIpc) is 2.84. The molecule has 0 aliphatic rings. The van der Waals surface area contributed by atoms with E-state index in [-0.39, 0.29) is 12.0 Å². The van der Waals surface area contributed by atoms with Crippen molar-refractivity contribution in [1.82, 2.24) is 0 Å². The fourth-order valence-electron chi connectivity index (χ4n) is 1.79. The molecule has 0 amide bonds. The molecule has 1 aromatic heterocycles. The first-order chi connectivity index (χ1) is 8.99. The second-order valence-electron chi connectivity index (χ2n) is 5.59. The molecule has 1 aromatic carbocycles. The Morgan fingerprint density at radius 2 is 1.84 bits per heavy atom. The number of aliphatic hydroxyl groups excluding tert-OH is 1. The van der Waals surface area contributed by atoms with Crippen LogP contribution in [0.3, 0.4) is 0 Å². The predicted octanol–water partition coefficient (Wildman–Crippen LogP) is 3.65. The average molecular weight is 260 g/mol. The Balaban J connectivity index is 2.03. The molecular formula is C16H20O3. The quantitative estimate of drug-likeness (QED) is 0.912. The van der Waals surface area contributed by atoms with Crippen LogP contribution in [-0.4, -0.2) is 5.11 Å². The fourth-order valence-corrected chi connectivity index (χ4v) is 1.79. The van der Waals surface area contributed by atoms with Gasteiger partial charge < -0.3 is 14.3 Å². The van der Waals surface area contributed by atoms with E-state index in [0.29, 0.717) is 18.1 Å². The van der Waals surface area contributed by atoms with Gasteiger partial charge in [0.05, 0.1) is 0 Å². The molecule has 0 unspecified atom stereocenters. The molecule has 2 rings (SSSR count). The summed E-state index contributed by atoms with van der Waals surface area (Å²) >= 11 is 0. The van der Waals surface area contributed by atoms with Crippen LogP contribution in [-0.2, 0) is 18.6 Å². The van der Waals surface area contributed by atoms with Gasteiger partial charge in [-0.15, -0.1) is 0 Å². The number of aliphatic hydroxyl groups is 1. The third-order valence-corrected chi connectivity index (χ3v) is 2.95. The van der Waals surface area contributed by atoms with Crippen molar-refractivity contribution in [3.63, 3.8) is 0 Å². The summed E-state index contributed by atoms with van der Waals surface area (Å²) in [4.78, 5) is 0. The Bertz CT molecular complexity index is 535. The molecule has 0 spiro atoms. The highest BCUT2D eigenvalue weighted by Gasteiger charge is 2.14. The Morgan fingerprint density at radius 1 is 1.11 bits per heavy atom. The number of benzene rings is 1. The van der Waals surface area contributed by atoms with Gasteiger partial charge in [-0.05, 0) is 35.2 Å². The van der Waals surface area contributed by atoms with Crippen LogP contribution < -0.4 is 4.74 Å². The van der Waals surface area contributed by atoms with Crippen molar-refractivity contribution >= 4 is 0 Å². The first-order valence-electron chi connectivity index (χ1n) is 6.41. The zero-order valence-electron chi connectivity index (χ0n) is 11.6. The van der Waals surface area contributed by atoms with Crippen LogP contribution in [0.4, 0.5) is 0 Å². The standard InChI is InChI=1S/C16H20O3/c1-16(2,3)12-5-4-6-13(9-12)18-11-15-8-7-14(10-17)19-15/h4-9,17H,10-11H2,1-3H3. The zero-order valence-corrected chi connectivity index (χ0v) is 11.6. The van der Waals surface area contributed by atoms with Crippen LogP contribution >= 0.6 is 0 Å². The molecule has 3 nitrogen and oxygen atoms in total. The van der Waals surface area contributed by atoms with Gasteiger partial charge in [-0.3, -0.25) is 0 Å².